The summed E-state index contributed by atoms with van der Waals surface area (Å²) in [6.45, 7) is 1.41. The molecule has 0 aromatic carbocycles. The van der Waals surface area contributed by atoms with E-state index in [1.165, 1.54) is 6.92 Å². The highest BCUT2D eigenvalue weighted by Crippen LogP contribution is 2.34. The molecule has 0 radical (unpaired) electrons. The topological polar surface area (TPSA) is 36.7 Å². The fourth-order valence-electron chi connectivity index (χ4n) is 1.08. The summed E-state index contributed by atoms with van der Waals surface area (Å²) < 4.78 is 37.2. The van der Waals surface area contributed by atoms with Crippen LogP contribution in [-0.2, 0) is 6.18 Å². The molecule has 0 aliphatic heterocycles. The molecule has 1 heterocycles. The van der Waals surface area contributed by atoms with Crippen molar-refractivity contribution in [2.75, 3.05) is 0 Å². The molecule has 1 rings (SSSR count). The predicted molar refractivity (Wildman–Crippen MR) is 43.3 cm³/mol. The van der Waals surface area contributed by atoms with Gasteiger partial charge in [-0.15, -0.1) is 0 Å². The molecule has 0 aliphatic carbocycles. The zero-order chi connectivity index (χ0) is 10.8. The molecule has 0 bridgehead atoms. The molecule has 5 heteroatoms. The summed E-state index contributed by atoms with van der Waals surface area (Å²) in [5.41, 5.74) is -0.871. The summed E-state index contributed by atoms with van der Waals surface area (Å²) in [7, 11) is 0. The summed E-state index contributed by atoms with van der Waals surface area (Å²) >= 11 is 0. The Bertz CT molecular complexity index is 365. The molecule has 2 nitrogen and oxygen atoms in total. The van der Waals surface area contributed by atoms with Crippen LogP contribution in [0, 0.1) is 11.3 Å². The van der Waals surface area contributed by atoms with Crippen molar-refractivity contribution < 1.29 is 13.2 Å². The highest BCUT2D eigenvalue weighted by Gasteiger charge is 2.34. The summed E-state index contributed by atoms with van der Waals surface area (Å²) in [5, 5.41) is 8.53. The highest BCUT2D eigenvalue weighted by molar-refractivity contribution is 5.32. The molecule has 1 aromatic rings. The number of rotatable bonds is 1. The maximum absolute atomic E-state index is 12.4. The first kappa shape index (κ1) is 10.5. The number of alkyl halides is 3. The Labute approximate surface area is 79.0 Å². The number of hydrogen-bond donors (Lipinski definition) is 0. The van der Waals surface area contributed by atoms with E-state index in [2.05, 4.69) is 4.98 Å². The normalized spacial score (nSPS) is 13.4. The molecule has 0 N–H and O–H groups in total. The van der Waals surface area contributed by atoms with Crippen LogP contribution in [0.4, 0.5) is 13.2 Å². The third-order valence-electron chi connectivity index (χ3n) is 1.82. The third kappa shape index (κ3) is 2.02. The summed E-state index contributed by atoms with van der Waals surface area (Å²) in [4.78, 5) is 3.58. The lowest BCUT2D eigenvalue weighted by atomic mass is 9.99. The molecule has 0 spiro atoms. The predicted octanol–water partition coefficient (Wildman–Crippen LogP) is 2.73. The minimum absolute atomic E-state index is 0.0810. The zero-order valence-electron chi connectivity index (χ0n) is 7.34. The lowest BCUT2D eigenvalue weighted by molar-refractivity contribution is -0.138. The van der Waals surface area contributed by atoms with Gasteiger partial charge in [0.2, 0.25) is 0 Å². The van der Waals surface area contributed by atoms with E-state index in [4.69, 9.17) is 5.26 Å². The van der Waals surface area contributed by atoms with Gasteiger partial charge in [0.1, 0.15) is 0 Å². The first-order chi connectivity index (χ1) is 6.46. The molecule has 0 saturated carbocycles. The molecular weight excluding hydrogens is 193 g/mol. The molecule has 1 aromatic heterocycles. The number of hydrogen-bond acceptors (Lipinski definition) is 2. The average Bonchev–Trinajstić information content (AvgIpc) is 2.15. The zero-order valence-corrected chi connectivity index (χ0v) is 7.34. The van der Waals surface area contributed by atoms with Crippen LogP contribution in [0.5, 0.6) is 0 Å². The van der Waals surface area contributed by atoms with E-state index >= 15 is 0 Å². The molecule has 0 amide bonds. The van der Waals surface area contributed by atoms with Gasteiger partial charge in [0, 0.05) is 12.4 Å². The van der Waals surface area contributed by atoms with E-state index in [1.54, 1.807) is 6.07 Å². The Balaban J connectivity index is 3.25. The largest absolute Gasteiger partial charge is 0.416 e. The minimum Gasteiger partial charge on any atom is -0.264 e. The molecule has 0 fully saturated rings. The smallest absolute Gasteiger partial charge is 0.264 e. The van der Waals surface area contributed by atoms with Gasteiger partial charge in [0.25, 0.3) is 0 Å². The van der Waals surface area contributed by atoms with Gasteiger partial charge in [-0.05, 0) is 18.6 Å². The first-order valence-electron chi connectivity index (χ1n) is 3.87. The van der Waals surface area contributed by atoms with Gasteiger partial charge >= 0.3 is 6.18 Å². The molecule has 74 valence electrons. The van der Waals surface area contributed by atoms with E-state index < -0.39 is 17.7 Å². The molecule has 0 saturated heterocycles. The van der Waals surface area contributed by atoms with Gasteiger partial charge in [-0.2, -0.15) is 18.4 Å². The van der Waals surface area contributed by atoms with Crippen LogP contribution in [0.25, 0.3) is 0 Å². The van der Waals surface area contributed by atoms with Crippen LogP contribution < -0.4 is 0 Å². The van der Waals surface area contributed by atoms with Crippen molar-refractivity contribution in [3.05, 3.63) is 29.6 Å². The van der Waals surface area contributed by atoms with Crippen molar-refractivity contribution in [1.82, 2.24) is 4.98 Å². The van der Waals surface area contributed by atoms with Crippen molar-refractivity contribution in [3.63, 3.8) is 0 Å². The van der Waals surface area contributed by atoms with E-state index in [0.717, 1.165) is 18.5 Å². The van der Waals surface area contributed by atoms with Crippen LogP contribution in [0.1, 0.15) is 24.0 Å². The molecule has 0 aliphatic rings. The standard InChI is InChI=1S/C9H7F3N2/c1-6(4-13)7-5-14-3-2-8(7)9(10,11)12/h2-3,5-6H,1H3. The second kappa shape index (κ2) is 3.66. The number of pyridine rings is 1. The Morgan fingerprint density at radius 2 is 2.14 bits per heavy atom. The van der Waals surface area contributed by atoms with Crippen LogP contribution in [0.2, 0.25) is 0 Å². The number of halogens is 3. The fraction of sp³-hybridized carbons (Fsp3) is 0.333. The first-order valence-corrected chi connectivity index (χ1v) is 3.87. The number of nitrogens with zero attached hydrogens (tertiary/aromatic N) is 2. The summed E-state index contributed by atoms with van der Waals surface area (Å²) in [5.74, 6) is -0.805. The summed E-state index contributed by atoms with van der Waals surface area (Å²) in [6, 6.07) is 2.63. The van der Waals surface area contributed by atoms with Crippen LogP contribution >= 0.6 is 0 Å². The van der Waals surface area contributed by atoms with E-state index in [9.17, 15) is 13.2 Å². The molecular formula is C9H7F3N2. The van der Waals surface area contributed by atoms with Crippen molar-refractivity contribution >= 4 is 0 Å². The summed E-state index contributed by atoms with van der Waals surface area (Å²) in [6.07, 6.45) is -2.28. The van der Waals surface area contributed by atoms with E-state index in [-0.39, 0.29) is 5.56 Å². The van der Waals surface area contributed by atoms with Gasteiger partial charge in [0.15, 0.2) is 0 Å². The van der Waals surface area contributed by atoms with Gasteiger partial charge in [0.05, 0.1) is 17.6 Å². The van der Waals surface area contributed by atoms with Gasteiger partial charge in [-0.3, -0.25) is 4.98 Å². The number of nitriles is 1. The van der Waals surface area contributed by atoms with Crippen molar-refractivity contribution in [3.8, 4) is 6.07 Å². The second-order valence-corrected chi connectivity index (χ2v) is 2.81. The van der Waals surface area contributed by atoms with Crippen molar-refractivity contribution in [2.45, 2.75) is 19.0 Å². The Morgan fingerprint density at radius 1 is 1.50 bits per heavy atom. The maximum atomic E-state index is 12.4. The van der Waals surface area contributed by atoms with Gasteiger partial charge < -0.3 is 0 Å². The van der Waals surface area contributed by atoms with Crippen LogP contribution in [-0.4, -0.2) is 4.98 Å². The van der Waals surface area contributed by atoms with Crippen molar-refractivity contribution in [1.29, 1.82) is 5.26 Å². The Kier molecular flexibility index (Phi) is 2.75. The van der Waals surface area contributed by atoms with Crippen LogP contribution in [0.3, 0.4) is 0 Å². The van der Waals surface area contributed by atoms with Gasteiger partial charge in [-0.25, -0.2) is 0 Å². The third-order valence-corrected chi connectivity index (χ3v) is 1.82. The number of aromatic nitrogens is 1. The van der Waals surface area contributed by atoms with Gasteiger partial charge in [-0.1, -0.05) is 0 Å². The van der Waals surface area contributed by atoms with E-state index in [0.29, 0.717) is 0 Å². The quantitative estimate of drug-likeness (QED) is 0.698. The molecule has 14 heavy (non-hydrogen) atoms. The average molecular weight is 200 g/mol. The lowest BCUT2D eigenvalue weighted by Crippen LogP contribution is -2.10. The SMILES string of the molecule is CC(C#N)c1cnccc1C(F)(F)F. The molecule has 1 unspecified atom stereocenters. The van der Waals surface area contributed by atoms with E-state index in [1.807, 2.05) is 0 Å². The minimum atomic E-state index is -4.43. The lowest BCUT2D eigenvalue weighted by Gasteiger charge is -2.12. The second-order valence-electron chi connectivity index (χ2n) is 2.81. The Hall–Kier alpha value is -1.57. The Morgan fingerprint density at radius 3 is 2.64 bits per heavy atom. The van der Waals surface area contributed by atoms with Crippen LogP contribution in [0.15, 0.2) is 18.5 Å². The van der Waals surface area contributed by atoms with Crippen molar-refractivity contribution in [2.24, 2.45) is 0 Å². The fourth-order valence-corrected chi connectivity index (χ4v) is 1.08. The monoisotopic (exact) mass is 200 g/mol. The highest BCUT2D eigenvalue weighted by atomic mass is 19.4. The molecule has 1 atom stereocenters. The maximum Gasteiger partial charge on any atom is 0.416 e.